The van der Waals surface area contributed by atoms with Crippen molar-refractivity contribution in [3.8, 4) is 0 Å². The van der Waals surface area contributed by atoms with E-state index >= 15 is 0 Å². The first-order valence-corrected chi connectivity index (χ1v) is 8.05. The summed E-state index contributed by atoms with van der Waals surface area (Å²) in [6.45, 7) is 5.01. The zero-order chi connectivity index (χ0) is 22.5. The van der Waals surface area contributed by atoms with Crippen LogP contribution >= 0.6 is 0 Å². The van der Waals surface area contributed by atoms with E-state index in [1.54, 1.807) is 14.0 Å². The Kier molecular flexibility index (Phi) is 28.0. The van der Waals surface area contributed by atoms with Crippen LogP contribution in [0.1, 0.15) is 28.2 Å². The van der Waals surface area contributed by atoms with Crippen LogP contribution in [0.5, 0.6) is 0 Å². The molecular weight excluding hydrogens is 396 g/mol. The summed E-state index contributed by atoms with van der Waals surface area (Å²) in [6, 6.07) is 0. The van der Waals surface area contributed by atoms with E-state index in [-0.39, 0.29) is 33.4 Å². The third-order valence-corrected chi connectivity index (χ3v) is 2.22. The first-order valence-electron chi connectivity index (χ1n) is 8.05. The molecule has 0 bridgehead atoms. The Hall–Kier alpha value is -2.31. The number of rotatable bonds is 7. The van der Waals surface area contributed by atoms with Gasteiger partial charge in [-0.1, -0.05) is 7.43 Å². The van der Waals surface area contributed by atoms with Crippen molar-refractivity contribution in [3.05, 3.63) is 0 Å². The molecule has 0 saturated heterocycles. The molecule has 3 unspecified atom stereocenters. The summed E-state index contributed by atoms with van der Waals surface area (Å²) < 4.78 is 30.5. The number of ether oxygens (including phenoxy) is 7. The maximum absolute atomic E-state index is 10.3. The SMILES string of the molecule is C.COC(=O)OCC(C)O.COC(=O)OCC(C)O.COC(=O)OCC(C)OC. The molecule has 0 aliphatic carbocycles. The first-order chi connectivity index (χ1) is 13.0. The van der Waals surface area contributed by atoms with Gasteiger partial charge < -0.3 is 43.4 Å². The van der Waals surface area contributed by atoms with Gasteiger partial charge in [-0.25, -0.2) is 14.4 Å². The molecule has 0 amide bonds. The van der Waals surface area contributed by atoms with Gasteiger partial charge in [0.2, 0.25) is 0 Å². The second-order valence-electron chi connectivity index (χ2n) is 5.04. The fourth-order valence-electron chi connectivity index (χ4n) is 0.807. The molecule has 0 aliphatic rings. The lowest BCUT2D eigenvalue weighted by molar-refractivity contribution is 0.0171. The smallest absolute Gasteiger partial charge is 0.438 e. The second kappa shape index (κ2) is 23.7. The monoisotopic (exact) mass is 432 g/mol. The fourth-order valence-corrected chi connectivity index (χ4v) is 0.807. The average Bonchev–Trinajstić information content (AvgIpc) is 2.68. The van der Waals surface area contributed by atoms with E-state index in [1.807, 2.05) is 0 Å². The minimum atomic E-state index is -0.768. The van der Waals surface area contributed by atoms with E-state index in [2.05, 4.69) is 28.4 Å². The molecule has 0 aromatic carbocycles. The molecule has 0 aliphatic heterocycles. The molecular formula is C17H36O12. The lowest BCUT2D eigenvalue weighted by Crippen LogP contribution is -2.17. The largest absolute Gasteiger partial charge is 0.508 e. The van der Waals surface area contributed by atoms with Gasteiger partial charge in [0, 0.05) is 7.11 Å². The Balaban J connectivity index is -0.000000159. The third kappa shape index (κ3) is 33.7. The molecule has 2 N–H and O–H groups in total. The number of aliphatic hydroxyl groups excluding tert-OH is 2. The van der Waals surface area contributed by atoms with Crippen LogP contribution in [0.2, 0.25) is 0 Å². The minimum absolute atomic E-state index is 0. The Morgan fingerprint density at radius 2 is 0.931 bits per heavy atom. The summed E-state index contributed by atoms with van der Waals surface area (Å²) >= 11 is 0. The predicted octanol–water partition coefficient (Wildman–Crippen LogP) is 1.74. The molecule has 0 spiro atoms. The topological polar surface area (TPSA) is 156 Å². The zero-order valence-electron chi connectivity index (χ0n) is 17.3. The van der Waals surface area contributed by atoms with Gasteiger partial charge in [-0.2, -0.15) is 0 Å². The van der Waals surface area contributed by atoms with E-state index in [4.69, 9.17) is 14.9 Å². The molecule has 3 atom stereocenters. The van der Waals surface area contributed by atoms with E-state index in [0.717, 1.165) is 0 Å². The number of carbonyl (C=O) groups is 3. The van der Waals surface area contributed by atoms with Crippen molar-refractivity contribution < 1.29 is 57.8 Å². The lowest BCUT2D eigenvalue weighted by atomic mass is 10.4. The molecule has 0 rings (SSSR count). The summed E-state index contributed by atoms with van der Waals surface area (Å²) in [4.78, 5) is 30.7. The Bertz CT molecular complexity index is 374. The van der Waals surface area contributed by atoms with Gasteiger partial charge in [0.25, 0.3) is 0 Å². The molecule has 29 heavy (non-hydrogen) atoms. The van der Waals surface area contributed by atoms with E-state index in [1.165, 1.54) is 35.2 Å². The number of hydrogen-bond acceptors (Lipinski definition) is 12. The van der Waals surface area contributed by atoms with Gasteiger partial charge in [0.1, 0.15) is 19.8 Å². The van der Waals surface area contributed by atoms with E-state index < -0.39 is 30.7 Å². The normalized spacial score (nSPS) is 11.9. The number of methoxy groups -OCH3 is 4. The van der Waals surface area contributed by atoms with Crippen LogP contribution in [0.4, 0.5) is 14.4 Å². The van der Waals surface area contributed by atoms with Crippen LogP contribution in [-0.4, -0.2) is 95.3 Å². The molecule has 0 radical (unpaired) electrons. The third-order valence-electron chi connectivity index (χ3n) is 2.22. The van der Waals surface area contributed by atoms with Crippen LogP contribution in [0.15, 0.2) is 0 Å². The molecule has 0 fully saturated rings. The standard InChI is InChI=1S/C6H12O4.2C5H10O4.CH4/c1-5(8-2)4-10-6(7)9-3;2*1-4(6)3-9-5(7)8-2;/h5H,4H2,1-3H3;2*4,6H,3H2,1-2H3;1H4. The molecule has 0 saturated carbocycles. The van der Waals surface area contributed by atoms with Gasteiger partial charge in [-0.15, -0.1) is 0 Å². The van der Waals surface area contributed by atoms with Crippen LogP contribution < -0.4 is 0 Å². The van der Waals surface area contributed by atoms with Crippen LogP contribution in [0, 0.1) is 0 Å². The van der Waals surface area contributed by atoms with Crippen molar-refractivity contribution >= 4 is 18.5 Å². The summed E-state index contributed by atoms with van der Waals surface area (Å²) in [7, 11) is 5.24. The Morgan fingerprint density at radius 1 is 0.655 bits per heavy atom. The first kappa shape index (κ1) is 34.2. The number of hydrogen-bond donors (Lipinski definition) is 2. The van der Waals surface area contributed by atoms with Gasteiger partial charge >= 0.3 is 18.5 Å². The molecule has 0 heterocycles. The van der Waals surface area contributed by atoms with Crippen LogP contribution in [0.25, 0.3) is 0 Å². The highest BCUT2D eigenvalue weighted by atomic mass is 16.7. The molecule has 176 valence electrons. The van der Waals surface area contributed by atoms with Crippen molar-refractivity contribution in [3.63, 3.8) is 0 Å². The molecule has 0 aromatic heterocycles. The molecule has 12 heteroatoms. The van der Waals surface area contributed by atoms with Crippen LogP contribution in [0.3, 0.4) is 0 Å². The van der Waals surface area contributed by atoms with Gasteiger partial charge in [-0.05, 0) is 20.8 Å². The maximum Gasteiger partial charge on any atom is 0.508 e. The highest BCUT2D eigenvalue weighted by Crippen LogP contribution is 1.90. The highest BCUT2D eigenvalue weighted by Gasteiger charge is 2.04. The van der Waals surface area contributed by atoms with Gasteiger partial charge in [0.05, 0.1) is 39.6 Å². The van der Waals surface area contributed by atoms with Crippen molar-refractivity contribution in [1.29, 1.82) is 0 Å². The zero-order valence-corrected chi connectivity index (χ0v) is 17.3. The van der Waals surface area contributed by atoms with Crippen molar-refractivity contribution in [2.24, 2.45) is 0 Å². The summed E-state index contributed by atoms with van der Waals surface area (Å²) in [5.41, 5.74) is 0. The van der Waals surface area contributed by atoms with Crippen LogP contribution in [-0.2, 0) is 33.2 Å². The van der Waals surface area contributed by atoms with Gasteiger partial charge in [0.15, 0.2) is 0 Å². The number of aliphatic hydroxyl groups is 2. The molecule has 12 nitrogen and oxygen atoms in total. The van der Waals surface area contributed by atoms with Crippen molar-refractivity contribution in [1.82, 2.24) is 0 Å². The second-order valence-corrected chi connectivity index (χ2v) is 5.04. The number of carbonyl (C=O) groups excluding carboxylic acids is 3. The molecule has 0 aromatic rings. The predicted molar refractivity (Wildman–Crippen MR) is 102 cm³/mol. The lowest BCUT2D eigenvalue weighted by Gasteiger charge is -2.08. The maximum atomic E-state index is 10.3. The van der Waals surface area contributed by atoms with Crippen molar-refractivity contribution in [2.45, 2.75) is 46.5 Å². The highest BCUT2D eigenvalue weighted by molar-refractivity contribution is 5.60. The fraction of sp³-hybridized carbons (Fsp3) is 0.824. The van der Waals surface area contributed by atoms with Crippen molar-refractivity contribution in [2.75, 3.05) is 48.3 Å². The quantitative estimate of drug-likeness (QED) is 0.444. The Labute approximate surface area is 171 Å². The average molecular weight is 432 g/mol. The minimum Gasteiger partial charge on any atom is -0.438 e. The Morgan fingerprint density at radius 3 is 1.14 bits per heavy atom. The van der Waals surface area contributed by atoms with E-state index in [9.17, 15) is 14.4 Å². The summed E-state index contributed by atoms with van der Waals surface area (Å²) in [5, 5.41) is 17.1. The summed E-state index contributed by atoms with van der Waals surface area (Å²) in [6.07, 6.45) is -3.57. The summed E-state index contributed by atoms with van der Waals surface area (Å²) in [5.74, 6) is 0. The van der Waals surface area contributed by atoms with Gasteiger partial charge in [-0.3, -0.25) is 0 Å². The van der Waals surface area contributed by atoms with E-state index in [0.29, 0.717) is 0 Å².